The molecule has 0 saturated carbocycles. The Kier molecular flexibility index (Phi) is 6.01. The van der Waals surface area contributed by atoms with Gasteiger partial charge in [0.15, 0.2) is 6.29 Å². The van der Waals surface area contributed by atoms with Crippen LogP contribution in [0.25, 0.3) is 0 Å². The molecular weight excluding hydrogens is 230 g/mol. The third-order valence-corrected chi connectivity index (χ3v) is 4.10. The smallest absolute Gasteiger partial charge is 0.158 e. The normalized spacial score (nSPS) is 26.5. The van der Waals surface area contributed by atoms with Crippen molar-refractivity contribution in [2.45, 2.75) is 38.1 Å². The van der Waals surface area contributed by atoms with Gasteiger partial charge < -0.3 is 20.1 Å². The number of nitrogens with zero attached hydrogens (tertiary/aromatic N) is 2. The number of piperazine rings is 1. The van der Waals surface area contributed by atoms with E-state index in [1.54, 1.807) is 14.2 Å². The Hall–Kier alpha value is -0.200. The molecule has 2 atom stereocenters. The van der Waals surface area contributed by atoms with Crippen molar-refractivity contribution in [2.24, 2.45) is 5.73 Å². The van der Waals surface area contributed by atoms with Crippen molar-refractivity contribution in [2.75, 3.05) is 47.4 Å². The van der Waals surface area contributed by atoms with Crippen molar-refractivity contribution in [3.05, 3.63) is 0 Å². The zero-order valence-corrected chi connectivity index (χ0v) is 12.5. The first-order valence-electron chi connectivity index (χ1n) is 6.67. The molecular formula is C13H29N3O2. The highest BCUT2D eigenvalue weighted by Gasteiger charge is 2.38. The first-order chi connectivity index (χ1) is 8.46. The number of rotatable bonds is 6. The molecule has 5 heteroatoms. The minimum atomic E-state index is -0.189. The van der Waals surface area contributed by atoms with E-state index < -0.39 is 0 Å². The van der Waals surface area contributed by atoms with Crippen molar-refractivity contribution in [3.63, 3.8) is 0 Å². The van der Waals surface area contributed by atoms with Gasteiger partial charge in [-0.2, -0.15) is 0 Å². The molecule has 5 nitrogen and oxygen atoms in total. The van der Waals surface area contributed by atoms with Crippen LogP contribution in [-0.4, -0.2) is 75.1 Å². The van der Waals surface area contributed by atoms with Gasteiger partial charge in [0.05, 0.1) is 0 Å². The molecule has 0 aromatic rings. The van der Waals surface area contributed by atoms with E-state index in [9.17, 15) is 0 Å². The van der Waals surface area contributed by atoms with Crippen LogP contribution in [0.4, 0.5) is 0 Å². The lowest BCUT2D eigenvalue weighted by atomic mass is 9.92. The summed E-state index contributed by atoms with van der Waals surface area (Å²) in [6.45, 7) is 8.30. The highest BCUT2D eigenvalue weighted by atomic mass is 16.7. The zero-order valence-electron chi connectivity index (χ0n) is 12.5. The van der Waals surface area contributed by atoms with Gasteiger partial charge in [0.25, 0.3) is 0 Å². The Balaban J connectivity index is 2.73. The van der Waals surface area contributed by atoms with Crippen LogP contribution < -0.4 is 5.73 Å². The number of hydrogen-bond donors (Lipinski definition) is 1. The van der Waals surface area contributed by atoms with Crippen LogP contribution in [0.5, 0.6) is 0 Å². The monoisotopic (exact) mass is 259 g/mol. The largest absolute Gasteiger partial charge is 0.356 e. The van der Waals surface area contributed by atoms with Crippen molar-refractivity contribution in [1.82, 2.24) is 9.80 Å². The predicted octanol–water partition coefficient (Wildman–Crippen LogP) is 0.349. The maximum absolute atomic E-state index is 6.03. The van der Waals surface area contributed by atoms with Gasteiger partial charge in [-0.05, 0) is 20.9 Å². The van der Waals surface area contributed by atoms with Crippen LogP contribution in [0.15, 0.2) is 0 Å². The average molecular weight is 259 g/mol. The molecule has 2 N–H and O–H groups in total. The van der Waals surface area contributed by atoms with Gasteiger partial charge >= 0.3 is 0 Å². The molecule has 18 heavy (non-hydrogen) atoms. The lowest BCUT2D eigenvalue weighted by Gasteiger charge is -2.49. The van der Waals surface area contributed by atoms with E-state index in [4.69, 9.17) is 15.2 Å². The van der Waals surface area contributed by atoms with E-state index in [0.717, 1.165) is 26.1 Å². The number of hydrogen-bond acceptors (Lipinski definition) is 5. The first kappa shape index (κ1) is 15.9. The molecule has 1 aliphatic rings. The first-order valence-corrected chi connectivity index (χ1v) is 6.67. The molecule has 0 spiro atoms. The number of likely N-dealkylation sites (N-methyl/N-ethyl adjacent to an activating group) is 1. The van der Waals surface area contributed by atoms with E-state index >= 15 is 0 Å². The van der Waals surface area contributed by atoms with Gasteiger partial charge in [-0.15, -0.1) is 0 Å². The fourth-order valence-electron chi connectivity index (χ4n) is 2.88. The highest BCUT2D eigenvalue weighted by molar-refractivity contribution is 4.94. The number of nitrogens with two attached hydrogens (primary N) is 1. The van der Waals surface area contributed by atoms with Gasteiger partial charge in [0.1, 0.15) is 0 Å². The minimum Gasteiger partial charge on any atom is -0.356 e. The summed E-state index contributed by atoms with van der Waals surface area (Å²) in [5.74, 6) is 0. The SMILES string of the molecule is COC(CC(C)(CN)N1CCN(C)CC1C)OC. The summed E-state index contributed by atoms with van der Waals surface area (Å²) >= 11 is 0. The number of ether oxygens (including phenoxy) is 2. The summed E-state index contributed by atoms with van der Waals surface area (Å²) in [6.07, 6.45) is 0.607. The van der Waals surface area contributed by atoms with E-state index in [1.807, 2.05) is 0 Å². The molecule has 1 fully saturated rings. The van der Waals surface area contributed by atoms with Gasteiger partial charge in [-0.3, -0.25) is 4.90 Å². The second-order valence-electron chi connectivity index (χ2n) is 5.61. The lowest BCUT2D eigenvalue weighted by Crippen LogP contribution is -2.63. The van der Waals surface area contributed by atoms with E-state index in [-0.39, 0.29) is 11.8 Å². The molecule has 0 radical (unpaired) electrons. The van der Waals surface area contributed by atoms with Crippen LogP contribution in [0, 0.1) is 0 Å². The fraction of sp³-hybridized carbons (Fsp3) is 1.00. The van der Waals surface area contributed by atoms with Crippen molar-refractivity contribution in [3.8, 4) is 0 Å². The second-order valence-corrected chi connectivity index (χ2v) is 5.61. The molecule has 1 rings (SSSR count). The van der Waals surface area contributed by atoms with Gasteiger partial charge in [0, 0.05) is 58.4 Å². The van der Waals surface area contributed by atoms with Crippen molar-refractivity contribution < 1.29 is 9.47 Å². The van der Waals surface area contributed by atoms with Crippen molar-refractivity contribution in [1.29, 1.82) is 0 Å². The fourth-order valence-corrected chi connectivity index (χ4v) is 2.88. The van der Waals surface area contributed by atoms with Crippen LogP contribution in [0.3, 0.4) is 0 Å². The van der Waals surface area contributed by atoms with Gasteiger partial charge in [-0.25, -0.2) is 0 Å². The summed E-state index contributed by atoms with van der Waals surface area (Å²) in [7, 11) is 5.53. The summed E-state index contributed by atoms with van der Waals surface area (Å²) < 4.78 is 10.7. The van der Waals surface area contributed by atoms with Gasteiger partial charge in [-0.1, -0.05) is 0 Å². The Bertz CT molecular complexity index is 248. The molecule has 0 aromatic heterocycles. The molecule has 0 aromatic carbocycles. The minimum absolute atomic E-state index is 0.0721. The van der Waals surface area contributed by atoms with Gasteiger partial charge in [0.2, 0.25) is 0 Å². The Morgan fingerprint density at radius 3 is 2.39 bits per heavy atom. The van der Waals surface area contributed by atoms with Crippen LogP contribution in [-0.2, 0) is 9.47 Å². The quantitative estimate of drug-likeness (QED) is 0.698. The molecule has 0 aliphatic carbocycles. The summed E-state index contributed by atoms with van der Waals surface area (Å²) in [4.78, 5) is 4.86. The lowest BCUT2D eigenvalue weighted by molar-refractivity contribution is -0.135. The van der Waals surface area contributed by atoms with E-state index in [0.29, 0.717) is 12.6 Å². The molecule has 108 valence electrons. The average Bonchev–Trinajstić information content (AvgIpc) is 2.35. The molecule has 1 saturated heterocycles. The zero-order chi connectivity index (χ0) is 13.8. The maximum atomic E-state index is 6.03. The summed E-state index contributed by atoms with van der Waals surface area (Å²) in [6, 6.07) is 0.506. The molecule has 1 aliphatic heterocycles. The van der Waals surface area contributed by atoms with Crippen LogP contribution in [0.1, 0.15) is 20.3 Å². The highest BCUT2D eigenvalue weighted by Crippen LogP contribution is 2.26. The molecule has 0 bridgehead atoms. The summed E-state index contributed by atoms with van der Waals surface area (Å²) in [5.41, 5.74) is 5.95. The summed E-state index contributed by atoms with van der Waals surface area (Å²) in [5, 5.41) is 0. The molecule has 1 heterocycles. The van der Waals surface area contributed by atoms with Crippen LogP contribution >= 0.6 is 0 Å². The Labute approximate surface area is 111 Å². The second kappa shape index (κ2) is 6.82. The predicted molar refractivity (Wildman–Crippen MR) is 73.5 cm³/mol. The Morgan fingerprint density at radius 2 is 1.94 bits per heavy atom. The third kappa shape index (κ3) is 3.65. The van der Waals surface area contributed by atoms with Crippen molar-refractivity contribution >= 4 is 0 Å². The topological polar surface area (TPSA) is 51.0 Å². The number of methoxy groups -OCH3 is 2. The van der Waals surface area contributed by atoms with E-state index in [1.165, 1.54) is 0 Å². The van der Waals surface area contributed by atoms with E-state index in [2.05, 4.69) is 30.7 Å². The molecule has 2 unspecified atom stereocenters. The third-order valence-electron chi connectivity index (χ3n) is 4.10. The standard InChI is InChI=1S/C13H29N3O2/c1-11-9-15(3)6-7-16(11)13(2,10-14)8-12(17-4)18-5/h11-12H,6-10,14H2,1-5H3. The van der Waals surface area contributed by atoms with Crippen LogP contribution in [0.2, 0.25) is 0 Å². The molecule has 0 amide bonds. The maximum Gasteiger partial charge on any atom is 0.158 e. The Morgan fingerprint density at radius 1 is 1.33 bits per heavy atom.